The van der Waals surface area contributed by atoms with Crippen LogP contribution in [0.25, 0.3) is 0 Å². The third-order valence-electron chi connectivity index (χ3n) is 3.18. The quantitative estimate of drug-likeness (QED) is 0.539. The molecule has 2 rings (SSSR count). The van der Waals surface area contributed by atoms with Gasteiger partial charge in [-0.05, 0) is 44.7 Å². The van der Waals surface area contributed by atoms with Gasteiger partial charge in [0.05, 0.1) is 0 Å². The molecular weight excluding hydrogens is 146 g/mol. The van der Waals surface area contributed by atoms with Crippen molar-refractivity contribution in [1.29, 1.82) is 0 Å². The minimum Gasteiger partial charge on any atom is -0.300 e. The molecule has 2 aliphatic rings. The molecule has 0 aromatic carbocycles. The van der Waals surface area contributed by atoms with Crippen molar-refractivity contribution in [3.05, 3.63) is 0 Å². The fourth-order valence-corrected chi connectivity index (χ4v) is 2.58. The van der Waals surface area contributed by atoms with Crippen molar-refractivity contribution in [1.82, 2.24) is 4.90 Å². The normalized spacial score (nSPS) is 35.2. The molecule has 0 saturated carbocycles. The molecule has 0 aromatic rings. The Morgan fingerprint density at radius 1 is 1.00 bits per heavy atom. The predicted octanol–water partition coefficient (Wildman–Crippen LogP) is 2.91. The van der Waals surface area contributed by atoms with E-state index in [0.29, 0.717) is 0 Å². The second-order valence-corrected chi connectivity index (χ2v) is 3.87. The molecular formula is C11H23N. The van der Waals surface area contributed by atoms with Crippen LogP contribution in [0.15, 0.2) is 0 Å². The Balaban J connectivity index is 0.000000336. The molecule has 2 heterocycles. The van der Waals surface area contributed by atoms with Crippen LogP contribution in [-0.2, 0) is 0 Å². The highest BCUT2D eigenvalue weighted by Gasteiger charge is 2.31. The van der Waals surface area contributed by atoms with Crippen molar-refractivity contribution in [2.75, 3.05) is 13.1 Å². The lowest BCUT2D eigenvalue weighted by atomic mass is 9.91. The first-order chi connectivity index (χ1) is 5.88. The zero-order valence-electron chi connectivity index (χ0n) is 8.84. The Bertz CT molecular complexity index is 122. The predicted molar refractivity (Wildman–Crippen MR) is 54.3 cm³/mol. The fraction of sp³-hybridized carbons (Fsp3) is 1.00. The molecule has 0 aromatic heterocycles. The van der Waals surface area contributed by atoms with Crippen LogP contribution in [0.5, 0.6) is 0 Å². The van der Waals surface area contributed by atoms with E-state index < -0.39 is 0 Å². The first-order valence-corrected chi connectivity index (χ1v) is 5.62. The van der Waals surface area contributed by atoms with E-state index in [1.807, 2.05) is 13.8 Å². The highest BCUT2D eigenvalue weighted by molar-refractivity contribution is 4.86. The monoisotopic (exact) mass is 169 g/mol. The van der Waals surface area contributed by atoms with Gasteiger partial charge in [0.15, 0.2) is 0 Å². The summed E-state index contributed by atoms with van der Waals surface area (Å²) in [5, 5.41) is 0. The van der Waals surface area contributed by atoms with Crippen molar-refractivity contribution in [2.45, 2.75) is 52.5 Å². The van der Waals surface area contributed by atoms with Gasteiger partial charge in [0.1, 0.15) is 0 Å². The summed E-state index contributed by atoms with van der Waals surface area (Å²) < 4.78 is 0. The Morgan fingerprint density at radius 3 is 2.17 bits per heavy atom. The van der Waals surface area contributed by atoms with Gasteiger partial charge in [-0.1, -0.05) is 20.8 Å². The van der Waals surface area contributed by atoms with Crippen molar-refractivity contribution in [3.8, 4) is 0 Å². The zero-order valence-corrected chi connectivity index (χ0v) is 8.84. The van der Waals surface area contributed by atoms with Crippen molar-refractivity contribution in [3.63, 3.8) is 0 Å². The number of rotatable bonds is 0. The topological polar surface area (TPSA) is 3.24 Å². The van der Waals surface area contributed by atoms with Gasteiger partial charge >= 0.3 is 0 Å². The lowest BCUT2D eigenvalue weighted by Crippen LogP contribution is -2.39. The molecule has 0 N–H and O–H groups in total. The Morgan fingerprint density at radius 2 is 1.58 bits per heavy atom. The number of hydrogen-bond acceptors (Lipinski definition) is 1. The van der Waals surface area contributed by atoms with Crippen LogP contribution < -0.4 is 0 Å². The smallest absolute Gasteiger partial charge is 0.0121 e. The molecule has 0 aliphatic carbocycles. The third-order valence-corrected chi connectivity index (χ3v) is 3.18. The second-order valence-electron chi connectivity index (χ2n) is 3.87. The first kappa shape index (κ1) is 10.0. The van der Waals surface area contributed by atoms with E-state index in [9.17, 15) is 0 Å². The fourth-order valence-electron chi connectivity index (χ4n) is 2.58. The van der Waals surface area contributed by atoms with Crippen molar-refractivity contribution in [2.24, 2.45) is 5.92 Å². The maximum atomic E-state index is 2.69. The summed E-state index contributed by atoms with van der Waals surface area (Å²) in [5.41, 5.74) is 0. The SMILES string of the molecule is CC.CC1CCCN2CCCC12. The van der Waals surface area contributed by atoms with Crippen LogP contribution in [0.4, 0.5) is 0 Å². The molecule has 2 fully saturated rings. The van der Waals surface area contributed by atoms with E-state index in [0.717, 1.165) is 12.0 Å². The zero-order chi connectivity index (χ0) is 8.97. The summed E-state index contributed by atoms with van der Waals surface area (Å²) >= 11 is 0. The maximum absolute atomic E-state index is 2.69. The number of piperidine rings is 1. The van der Waals surface area contributed by atoms with Gasteiger partial charge in [0.25, 0.3) is 0 Å². The molecule has 12 heavy (non-hydrogen) atoms. The molecule has 0 bridgehead atoms. The largest absolute Gasteiger partial charge is 0.300 e. The van der Waals surface area contributed by atoms with E-state index in [1.54, 1.807) is 0 Å². The third kappa shape index (κ3) is 2.01. The van der Waals surface area contributed by atoms with Crippen LogP contribution in [-0.4, -0.2) is 24.0 Å². The van der Waals surface area contributed by atoms with Gasteiger partial charge in [0.2, 0.25) is 0 Å². The van der Waals surface area contributed by atoms with Crippen LogP contribution in [0.1, 0.15) is 46.5 Å². The van der Waals surface area contributed by atoms with Crippen LogP contribution in [0.2, 0.25) is 0 Å². The summed E-state index contributed by atoms with van der Waals surface area (Å²) in [7, 11) is 0. The maximum Gasteiger partial charge on any atom is 0.0121 e. The number of hydrogen-bond donors (Lipinski definition) is 0. The van der Waals surface area contributed by atoms with Crippen LogP contribution >= 0.6 is 0 Å². The minimum absolute atomic E-state index is 0.966. The summed E-state index contributed by atoms with van der Waals surface area (Å²) in [6, 6.07) is 0.966. The average Bonchev–Trinajstić information content (AvgIpc) is 2.57. The van der Waals surface area contributed by atoms with E-state index in [1.165, 1.54) is 38.8 Å². The van der Waals surface area contributed by atoms with Crippen molar-refractivity contribution >= 4 is 0 Å². The van der Waals surface area contributed by atoms with Gasteiger partial charge in [-0.2, -0.15) is 0 Å². The molecule has 2 saturated heterocycles. The lowest BCUT2D eigenvalue weighted by Gasteiger charge is -2.34. The highest BCUT2D eigenvalue weighted by Crippen LogP contribution is 2.30. The summed E-state index contributed by atoms with van der Waals surface area (Å²) in [6.45, 7) is 9.19. The Hall–Kier alpha value is -0.0400. The average molecular weight is 169 g/mol. The van der Waals surface area contributed by atoms with Crippen LogP contribution in [0, 0.1) is 5.92 Å². The van der Waals surface area contributed by atoms with Gasteiger partial charge < -0.3 is 4.90 Å². The van der Waals surface area contributed by atoms with E-state index in [-0.39, 0.29) is 0 Å². The van der Waals surface area contributed by atoms with Gasteiger partial charge in [-0.25, -0.2) is 0 Å². The molecule has 2 atom stereocenters. The molecule has 0 amide bonds. The molecule has 1 nitrogen and oxygen atoms in total. The van der Waals surface area contributed by atoms with E-state index in [4.69, 9.17) is 0 Å². The summed E-state index contributed by atoms with van der Waals surface area (Å²) in [6.07, 6.45) is 5.84. The van der Waals surface area contributed by atoms with E-state index >= 15 is 0 Å². The standard InChI is InChI=1S/C9H17N.C2H6/c1-8-4-2-6-10-7-3-5-9(8)10;1-2/h8-9H,2-7H2,1H3;1-2H3. The first-order valence-electron chi connectivity index (χ1n) is 5.62. The van der Waals surface area contributed by atoms with Gasteiger partial charge in [-0.15, -0.1) is 0 Å². The molecule has 2 aliphatic heterocycles. The minimum atomic E-state index is 0.966. The van der Waals surface area contributed by atoms with E-state index in [2.05, 4.69) is 11.8 Å². The number of fused-ring (bicyclic) bond motifs is 1. The molecule has 0 spiro atoms. The molecule has 0 radical (unpaired) electrons. The molecule has 2 unspecified atom stereocenters. The van der Waals surface area contributed by atoms with Gasteiger partial charge in [-0.3, -0.25) is 0 Å². The summed E-state index contributed by atoms with van der Waals surface area (Å²) in [4.78, 5) is 2.69. The van der Waals surface area contributed by atoms with Gasteiger partial charge in [0, 0.05) is 6.04 Å². The molecule has 1 heteroatoms. The van der Waals surface area contributed by atoms with Crippen LogP contribution in [0.3, 0.4) is 0 Å². The van der Waals surface area contributed by atoms with Crippen molar-refractivity contribution < 1.29 is 0 Å². The lowest BCUT2D eigenvalue weighted by molar-refractivity contribution is 0.144. The number of nitrogens with zero attached hydrogens (tertiary/aromatic N) is 1. The highest BCUT2D eigenvalue weighted by atomic mass is 15.2. The molecule has 72 valence electrons. The second kappa shape index (κ2) is 4.86. The summed E-state index contributed by atoms with van der Waals surface area (Å²) in [5.74, 6) is 0.983. The Labute approximate surface area is 77.1 Å². The Kier molecular flexibility index (Phi) is 4.07.